The van der Waals surface area contributed by atoms with Crippen LogP contribution in [-0.4, -0.2) is 15.1 Å². The number of phenols is 1. The highest BCUT2D eigenvalue weighted by molar-refractivity contribution is 9.10. The van der Waals surface area contributed by atoms with Gasteiger partial charge < -0.3 is 10.1 Å². The summed E-state index contributed by atoms with van der Waals surface area (Å²) in [6.45, 7) is 0. The number of aromatic nitrogens is 2. The molecule has 1 aromatic carbocycles. The number of hydrogen-bond donors (Lipinski definition) is 2. The first-order valence-electron chi connectivity index (χ1n) is 3.75. The normalized spacial score (nSPS) is 10.2. The van der Waals surface area contributed by atoms with Gasteiger partial charge in [-0.3, -0.25) is 0 Å². The van der Waals surface area contributed by atoms with Crippen LogP contribution in [0.25, 0.3) is 11.4 Å². The van der Waals surface area contributed by atoms with Crippen molar-refractivity contribution in [3.63, 3.8) is 0 Å². The number of hydrogen-bond acceptors (Lipinski definition) is 2. The number of benzene rings is 1. The molecule has 2 rings (SSSR count). The van der Waals surface area contributed by atoms with Crippen molar-refractivity contribution in [2.75, 3.05) is 0 Å². The smallest absolute Gasteiger partial charge is 0.138 e. The Morgan fingerprint density at radius 2 is 2.23 bits per heavy atom. The van der Waals surface area contributed by atoms with Crippen LogP contribution in [0.1, 0.15) is 0 Å². The van der Waals surface area contributed by atoms with Gasteiger partial charge in [-0.05, 0) is 28.1 Å². The van der Waals surface area contributed by atoms with Gasteiger partial charge in [-0.25, -0.2) is 4.98 Å². The van der Waals surface area contributed by atoms with Crippen molar-refractivity contribution >= 4 is 15.9 Å². The monoisotopic (exact) mass is 238 g/mol. The topological polar surface area (TPSA) is 48.9 Å². The van der Waals surface area contributed by atoms with Crippen LogP contribution in [0.15, 0.2) is 35.1 Å². The Balaban J connectivity index is 2.46. The molecule has 1 heterocycles. The summed E-state index contributed by atoms with van der Waals surface area (Å²) in [5, 5.41) is 9.23. The van der Waals surface area contributed by atoms with Crippen LogP contribution in [0.4, 0.5) is 0 Å². The van der Waals surface area contributed by atoms with Crippen LogP contribution in [0.3, 0.4) is 0 Å². The van der Waals surface area contributed by atoms with E-state index in [1.807, 2.05) is 6.07 Å². The molecule has 0 aliphatic carbocycles. The second kappa shape index (κ2) is 3.22. The highest BCUT2D eigenvalue weighted by atomic mass is 79.9. The van der Waals surface area contributed by atoms with E-state index in [4.69, 9.17) is 0 Å². The van der Waals surface area contributed by atoms with Crippen LogP contribution in [0, 0.1) is 0 Å². The van der Waals surface area contributed by atoms with Crippen LogP contribution >= 0.6 is 15.9 Å². The minimum absolute atomic E-state index is 0.241. The van der Waals surface area contributed by atoms with E-state index < -0.39 is 0 Å². The van der Waals surface area contributed by atoms with E-state index in [0.717, 1.165) is 16.0 Å². The van der Waals surface area contributed by atoms with Crippen molar-refractivity contribution in [2.45, 2.75) is 0 Å². The Kier molecular flexibility index (Phi) is 2.06. The fourth-order valence-corrected chi connectivity index (χ4v) is 1.39. The van der Waals surface area contributed by atoms with Crippen LogP contribution < -0.4 is 0 Å². The average molecular weight is 239 g/mol. The minimum Gasteiger partial charge on any atom is -0.508 e. The average Bonchev–Trinajstić information content (AvgIpc) is 2.52. The summed E-state index contributed by atoms with van der Waals surface area (Å²) >= 11 is 3.27. The number of aromatic hydroxyl groups is 1. The van der Waals surface area contributed by atoms with E-state index in [0.29, 0.717) is 0 Å². The Morgan fingerprint density at radius 3 is 2.85 bits per heavy atom. The van der Waals surface area contributed by atoms with Gasteiger partial charge in [0.25, 0.3) is 0 Å². The molecule has 13 heavy (non-hydrogen) atoms. The quantitative estimate of drug-likeness (QED) is 0.803. The van der Waals surface area contributed by atoms with Gasteiger partial charge in [-0.2, -0.15) is 0 Å². The number of aromatic amines is 1. The summed E-state index contributed by atoms with van der Waals surface area (Å²) in [5.74, 6) is 0.979. The Morgan fingerprint density at radius 1 is 1.38 bits per heavy atom. The minimum atomic E-state index is 0.241. The molecule has 0 fully saturated rings. The first-order chi connectivity index (χ1) is 6.25. The molecule has 0 unspecified atom stereocenters. The lowest BCUT2D eigenvalue weighted by molar-refractivity contribution is 0.475. The highest BCUT2D eigenvalue weighted by Crippen LogP contribution is 2.21. The summed E-state index contributed by atoms with van der Waals surface area (Å²) in [4.78, 5) is 7.13. The van der Waals surface area contributed by atoms with Crippen LogP contribution in [-0.2, 0) is 0 Å². The molecule has 4 heteroatoms. The largest absolute Gasteiger partial charge is 0.508 e. The maximum absolute atomic E-state index is 9.23. The van der Waals surface area contributed by atoms with Crippen molar-refractivity contribution in [1.82, 2.24) is 9.97 Å². The zero-order chi connectivity index (χ0) is 9.26. The van der Waals surface area contributed by atoms with Crippen LogP contribution in [0.2, 0.25) is 0 Å². The molecular formula is C9H7BrN2O. The number of rotatable bonds is 1. The molecule has 0 saturated heterocycles. The van der Waals surface area contributed by atoms with Gasteiger partial charge in [0.15, 0.2) is 0 Å². The van der Waals surface area contributed by atoms with Crippen molar-refractivity contribution < 1.29 is 5.11 Å². The van der Waals surface area contributed by atoms with Gasteiger partial charge in [0.2, 0.25) is 0 Å². The predicted molar refractivity (Wildman–Crippen MR) is 53.4 cm³/mol. The van der Waals surface area contributed by atoms with E-state index in [9.17, 15) is 5.11 Å². The maximum atomic E-state index is 9.23. The van der Waals surface area contributed by atoms with E-state index in [2.05, 4.69) is 25.9 Å². The molecule has 0 aliphatic rings. The number of imidazole rings is 1. The lowest BCUT2D eigenvalue weighted by Gasteiger charge is -1.96. The molecule has 0 radical (unpaired) electrons. The van der Waals surface area contributed by atoms with Gasteiger partial charge in [-0.1, -0.05) is 12.1 Å². The zero-order valence-corrected chi connectivity index (χ0v) is 8.25. The number of nitrogens with one attached hydrogen (secondary N) is 1. The summed E-state index contributed by atoms with van der Waals surface area (Å²) < 4.78 is 0.825. The summed E-state index contributed by atoms with van der Waals surface area (Å²) in [6.07, 6.45) is 1.68. The van der Waals surface area contributed by atoms with Crippen molar-refractivity contribution in [1.29, 1.82) is 0 Å². The van der Waals surface area contributed by atoms with Crippen molar-refractivity contribution in [3.05, 3.63) is 35.1 Å². The lowest BCUT2D eigenvalue weighted by atomic mass is 10.2. The molecule has 2 N–H and O–H groups in total. The number of halogens is 1. The lowest BCUT2D eigenvalue weighted by Crippen LogP contribution is -1.78. The molecule has 0 aliphatic heterocycles. The molecular weight excluding hydrogens is 232 g/mol. The van der Waals surface area contributed by atoms with Gasteiger partial charge in [0, 0.05) is 5.56 Å². The van der Waals surface area contributed by atoms with Crippen molar-refractivity contribution in [2.24, 2.45) is 0 Å². The molecule has 1 aromatic heterocycles. The van der Waals surface area contributed by atoms with E-state index in [1.165, 1.54) is 0 Å². The Hall–Kier alpha value is -1.29. The third kappa shape index (κ3) is 1.72. The third-order valence-corrected chi connectivity index (χ3v) is 2.07. The first-order valence-corrected chi connectivity index (χ1v) is 4.55. The zero-order valence-electron chi connectivity index (χ0n) is 6.66. The molecule has 0 saturated carbocycles. The van der Waals surface area contributed by atoms with E-state index in [1.54, 1.807) is 24.4 Å². The molecule has 0 bridgehead atoms. The molecule has 66 valence electrons. The first kappa shape index (κ1) is 8.31. The van der Waals surface area contributed by atoms with Gasteiger partial charge in [0.05, 0.1) is 6.20 Å². The van der Waals surface area contributed by atoms with Gasteiger partial charge in [0.1, 0.15) is 16.2 Å². The number of H-pyrrole nitrogens is 1. The number of nitrogens with zero attached hydrogens (tertiary/aromatic N) is 1. The Labute approximate surface area is 83.6 Å². The molecule has 0 spiro atoms. The second-order valence-electron chi connectivity index (χ2n) is 2.63. The maximum Gasteiger partial charge on any atom is 0.138 e. The molecule has 0 atom stereocenters. The fraction of sp³-hybridized carbons (Fsp3) is 0. The molecule has 2 aromatic rings. The second-order valence-corrected chi connectivity index (χ2v) is 3.48. The van der Waals surface area contributed by atoms with Gasteiger partial charge >= 0.3 is 0 Å². The highest BCUT2D eigenvalue weighted by Gasteiger charge is 2.01. The van der Waals surface area contributed by atoms with Gasteiger partial charge in [-0.15, -0.1) is 0 Å². The summed E-state index contributed by atoms with van der Waals surface area (Å²) in [5.41, 5.74) is 0.866. The molecule has 0 amide bonds. The number of phenolic OH excluding ortho intramolecular Hbond substituents is 1. The Bertz CT molecular complexity index is 425. The van der Waals surface area contributed by atoms with E-state index >= 15 is 0 Å². The summed E-state index contributed by atoms with van der Waals surface area (Å²) in [7, 11) is 0. The SMILES string of the molecule is Oc1cccc(-c2ncc(Br)[nH]2)c1. The third-order valence-electron chi connectivity index (χ3n) is 1.66. The molecule has 3 nitrogen and oxygen atoms in total. The van der Waals surface area contributed by atoms with E-state index in [-0.39, 0.29) is 5.75 Å². The predicted octanol–water partition coefficient (Wildman–Crippen LogP) is 2.54. The summed E-state index contributed by atoms with van der Waals surface area (Å²) in [6, 6.07) is 6.94. The fourth-order valence-electron chi connectivity index (χ4n) is 1.10. The van der Waals surface area contributed by atoms with Crippen LogP contribution in [0.5, 0.6) is 5.75 Å². The standard InChI is InChI=1S/C9H7BrN2O/c10-8-5-11-9(12-8)6-2-1-3-7(13)4-6/h1-5,13H,(H,11,12). The van der Waals surface area contributed by atoms with Crippen molar-refractivity contribution in [3.8, 4) is 17.1 Å².